The molecule has 0 rings (SSSR count). The van der Waals surface area contributed by atoms with Crippen molar-refractivity contribution in [1.82, 2.24) is 0 Å². The number of hydrogen-bond acceptors (Lipinski definition) is 0. The highest BCUT2D eigenvalue weighted by atomic mass is 79.9. The van der Waals surface area contributed by atoms with Gasteiger partial charge in [0.2, 0.25) is 0 Å². The minimum atomic E-state index is 0. The summed E-state index contributed by atoms with van der Waals surface area (Å²) in [6.07, 6.45) is 4.32. The van der Waals surface area contributed by atoms with Gasteiger partial charge in [0, 0.05) is 5.33 Å². The van der Waals surface area contributed by atoms with Crippen LogP contribution < -0.4 is 17.0 Å². The zero-order chi connectivity index (χ0) is 7.33. The Balaban J connectivity index is 0. The average molecular weight is 273 g/mol. The Kier molecular flexibility index (Phi) is 8.46. The van der Waals surface area contributed by atoms with Crippen molar-refractivity contribution in [2.45, 2.75) is 0 Å². The van der Waals surface area contributed by atoms with Crippen molar-refractivity contribution < 1.29 is 21.5 Å². The maximum absolute atomic E-state index is 3.32. The quantitative estimate of drug-likeness (QED) is 0.339. The molecule has 0 atom stereocenters. The molecule has 0 saturated carbocycles. The third kappa shape index (κ3) is 11.5. The van der Waals surface area contributed by atoms with Crippen molar-refractivity contribution in [1.29, 1.82) is 0 Å². The predicted molar refractivity (Wildman–Crippen MR) is 45.8 cm³/mol. The summed E-state index contributed by atoms with van der Waals surface area (Å²) in [5, 5.41) is 0.965. The molecule has 0 aromatic rings. The van der Waals surface area contributed by atoms with Gasteiger partial charge in [0.05, 0.1) is 27.7 Å². The molecule has 0 fully saturated rings. The van der Waals surface area contributed by atoms with Crippen LogP contribution in [0.4, 0.5) is 0 Å². The van der Waals surface area contributed by atoms with Crippen molar-refractivity contribution in [3.05, 3.63) is 12.2 Å². The van der Waals surface area contributed by atoms with Gasteiger partial charge in [0.1, 0.15) is 0 Å². The summed E-state index contributed by atoms with van der Waals surface area (Å²) >= 11 is 3.32. The number of hydrogen-bond donors (Lipinski definition) is 0. The molecular formula is C7H15Br2N. The Hall–Kier alpha value is 0.660. The number of likely N-dealkylation sites (N-methyl/N-ethyl adjacent to an activating group) is 1. The van der Waals surface area contributed by atoms with Crippen LogP contribution in [0.15, 0.2) is 12.2 Å². The van der Waals surface area contributed by atoms with Gasteiger partial charge in [-0.1, -0.05) is 22.0 Å². The minimum Gasteiger partial charge on any atom is -1.00 e. The van der Waals surface area contributed by atoms with E-state index in [1.54, 1.807) is 0 Å². The van der Waals surface area contributed by atoms with Gasteiger partial charge >= 0.3 is 0 Å². The normalized spacial score (nSPS) is 11.6. The lowest BCUT2D eigenvalue weighted by atomic mass is 10.4. The Morgan fingerprint density at radius 3 is 2.00 bits per heavy atom. The highest BCUT2D eigenvalue weighted by Gasteiger charge is 2.00. The van der Waals surface area contributed by atoms with E-state index >= 15 is 0 Å². The first kappa shape index (κ1) is 13.3. The van der Waals surface area contributed by atoms with Crippen LogP contribution in [0.5, 0.6) is 0 Å². The molecule has 0 N–H and O–H groups in total. The van der Waals surface area contributed by atoms with Gasteiger partial charge in [-0.3, -0.25) is 0 Å². The Morgan fingerprint density at radius 1 is 1.20 bits per heavy atom. The number of rotatable bonds is 3. The topological polar surface area (TPSA) is 0 Å². The average Bonchev–Trinajstić information content (AvgIpc) is 1.63. The molecule has 0 spiro atoms. The first-order valence-electron chi connectivity index (χ1n) is 3.07. The predicted octanol–water partition coefficient (Wildman–Crippen LogP) is -1.35. The third-order valence-electron chi connectivity index (χ3n) is 0.909. The molecule has 0 radical (unpaired) electrons. The lowest BCUT2D eigenvalue weighted by Gasteiger charge is -2.21. The highest BCUT2D eigenvalue weighted by molar-refractivity contribution is 9.09. The van der Waals surface area contributed by atoms with Gasteiger partial charge in [-0.2, -0.15) is 0 Å². The molecule has 0 saturated heterocycles. The van der Waals surface area contributed by atoms with E-state index in [-0.39, 0.29) is 17.0 Å². The van der Waals surface area contributed by atoms with Crippen LogP contribution in [0.2, 0.25) is 0 Å². The molecule has 10 heavy (non-hydrogen) atoms. The lowest BCUT2D eigenvalue weighted by molar-refractivity contribution is -0.864. The largest absolute Gasteiger partial charge is 1.00 e. The van der Waals surface area contributed by atoms with E-state index in [4.69, 9.17) is 0 Å². The van der Waals surface area contributed by atoms with Gasteiger partial charge in [0.15, 0.2) is 0 Å². The first-order valence-corrected chi connectivity index (χ1v) is 4.20. The van der Waals surface area contributed by atoms with Crippen molar-refractivity contribution in [2.24, 2.45) is 0 Å². The summed E-state index contributed by atoms with van der Waals surface area (Å²) in [5.74, 6) is 0. The molecular weight excluding hydrogens is 258 g/mol. The fourth-order valence-corrected chi connectivity index (χ4v) is 0.718. The Bertz CT molecular complexity index is 94.3. The summed E-state index contributed by atoms with van der Waals surface area (Å²) in [5.41, 5.74) is 0. The second kappa shape index (κ2) is 6.38. The van der Waals surface area contributed by atoms with E-state index in [0.717, 1.165) is 16.4 Å². The number of allylic oxidation sites excluding steroid dienone is 1. The summed E-state index contributed by atoms with van der Waals surface area (Å²) in [7, 11) is 6.54. The molecule has 0 aromatic carbocycles. The Labute approximate surface area is 82.6 Å². The molecule has 0 heterocycles. The van der Waals surface area contributed by atoms with Crippen LogP contribution in [-0.2, 0) is 0 Å². The summed E-state index contributed by atoms with van der Waals surface area (Å²) in [6.45, 7) is 1.10. The molecule has 0 unspecified atom stereocenters. The summed E-state index contributed by atoms with van der Waals surface area (Å²) in [4.78, 5) is 0. The minimum absolute atomic E-state index is 0. The van der Waals surface area contributed by atoms with E-state index in [9.17, 15) is 0 Å². The molecule has 62 valence electrons. The molecule has 0 bridgehead atoms. The van der Waals surface area contributed by atoms with E-state index in [1.807, 2.05) is 0 Å². The van der Waals surface area contributed by atoms with Gasteiger partial charge in [-0.05, 0) is 6.08 Å². The lowest BCUT2D eigenvalue weighted by Crippen LogP contribution is -3.00. The summed E-state index contributed by atoms with van der Waals surface area (Å²) in [6, 6.07) is 0. The van der Waals surface area contributed by atoms with Crippen molar-refractivity contribution in [3.8, 4) is 0 Å². The molecule has 3 heteroatoms. The second-order valence-electron chi connectivity index (χ2n) is 3.10. The first-order chi connectivity index (χ1) is 4.06. The smallest absolute Gasteiger partial charge is 0.0967 e. The SMILES string of the molecule is C[N+](C)(C)C/C=C/CBr.[Br-]. The van der Waals surface area contributed by atoms with Gasteiger partial charge in [0.25, 0.3) is 0 Å². The third-order valence-corrected chi connectivity index (χ3v) is 1.28. The fourth-order valence-electron chi connectivity index (χ4n) is 0.454. The molecule has 0 amide bonds. The van der Waals surface area contributed by atoms with E-state index < -0.39 is 0 Å². The van der Waals surface area contributed by atoms with E-state index in [0.29, 0.717) is 0 Å². The number of alkyl halides is 1. The zero-order valence-electron chi connectivity index (χ0n) is 6.77. The maximum Gasteiger partial charge on any atom is 0.0967 e. The van der Waals surface area contributed by atoms with Crippen LogP contribution in [0.25, 0.3) is 0 Å². The number of nitrogens with zero attached hydrogens (tertiary/aromatic N) is 1. The second-order valence-corrected chi connectivity index (χ2v) is 3.75. The molecule has 0 aliphatic heterocycles. The van der Waals surface area contributed by atoms with Crippen LogP contribution in [0.1, 0.15) is 0 Å². The fraction of sp³-hybridized carbons (Fsp3) is 0.714. The van der Waals surface area contributed by atoms with Crippen molar-refractivity contribution >= 4 is 15.9 Å². The maximum atomic E-state index is 3.32. The molecule has 0 aliphatic rings. The summed E-state index contributed by atoms with van der Waals surface area (Å²) < 4.78 is 1.00. The molecule has 0 aromatic heterocycles. The standard InChI is InChI=1S/C7H15BrN.BrH/c1-9(2,3)7-5-4-6-8;/h4-5H,6-7H2,1-3H3;1H/q+1;/p-1/b5-4+;. The molecule has 1 nitrogen and oxygen atoms in total. The van der Waals surface area contributed by atoms with Crippen molar-refractivity contribution in [2.75, 3.05) is 33.0 Å². The van der Waals surface area contributed by atoms with Gasteiger partial charge in [-0.25, -0.2) is 0 Å². The monoisotopic (exact) mass is 271 g/mol. The number of quaternary nitrogens is 1. The van der Waals surface area contributed by atoms with Gasteiger partial charge < -0.3 is 21.5 Å². The van der Waals surface area contributed by atoms with E-state index in [1.165, 1.54) is 0 Å². The van der Waals surface area contributed by atoms with Gasteiger partial charge in [-0.15, -0.1) is 0 Å². The Morgan fingerprint density at radius 2 is 1.70 bits per heavy atom. The van der Waals surface area contributed by atoms with Crippen LogP contribution in [0, 0.1) is 0 Å². The number of halogens is 2. The zero-order valence-corrected chi connectivity index (χ0v) is 9.94. The van der Waals surface area contributed by atoms with Crippen LogP contribution in [-0.4, -0.2) is 37.5 Å². The molecule has 0 aliphatic carbocycles. The highest BCUT2D eigenvalue weighted by Crippen LogP contribution is 1.90. The van der Waals surface area contributed by atoms with Crippen molar-refractivity contribution in [3.63, 3.8) is 0 Å². The van der Waals surface area contributed by atoms with E-state index in [2.05, 4.69) is 49.2 Å². The van der Waals surface area contributed by atoms with Crippen LogP contribution in [0.3, 0.4) is 0 Å². The van der Waals surface area contributed by atoms with Crippen LogP contribution >= 0.6 is 15.9 Å².